The van der Waals surface area contributed by atoms with E-state index in [9.17, 15) is 14.4 Å². The van der Waals surface area contributed by atoms with Gasteiger partial charge in [-0.1, -0.05) is 24.6 Å². The number of amides is 3. The van der Waals surface area contributed by atoms with Crippen LogP contribution in [-0.2, 0) is 9.59 Å². The zero-order chi connectivity index (χ0) is 19.8. The maximum Gasteiger partial charge on any atom is 0.269 e. The van der Waals surface area contributed by atoms with Crippen LogP contribution in [0.3, 0.4) is 0 Å². The van der Waals surface area contributed by atoms with E-state index in [-0.39, 0.29) is 12.5 Å². The molecule has 2 aromatic carbocycles. The summed E-state index contributed by atoms with van der Waals surface area (Å²) < 4.78 is 5.68. The van der Waals surface area contributed by atoms with Gasteiger partial charge in [-0.2, -0.15) is 0 Å². The largest absolute Gasteiger partial charge is 0.457 e. The second-order valence-corrected chi connectivity index (χ2v) is 6.57. The average Bonchev–Trinajstić information content (AvgIpc) is 2.92. The Morgan fingerprint density at radius 1 is 0.893 bits per heavy atom. The van der Waals surface area contributed by atoms with E-state index < -0.39 is 11.8 Å². The minimum absolute atomic E-state index is 0.0204. The Morgan fingerprint density at radius 3 is 2.36 bits per heavy atom. The lowest BCUT2D eigenvalue weighted by Gasteiger charge is -2.19. The first-order valence-electron chi connectivity index (χ1n) is 9.32. The van der Waals surface area contributed by atoms with E-state index in [1.54, 1.807) is 24.3 Å². The Labute approximate surface area is 163 Å². The van der Waals surface area contributed by atoms with Crippen molar-refractivity contribution in [3.8, 4) is 11.5 Å². The van der Waals surface area contributed by atoms with Gasteiger partial charge < -0.3 is 9.64 Å². The first-order valence-corrected chi connectivity index (χ1v) is 9.32. The van der Waals surface area contributed by atoms with Gasteiger partial charge in [-0.05, 0) is 49.2 Å². The highest BCUT2D eigenvalue weighted by Gasteiger charge is 2.19. The van der Waals surface area contributed by atoms with E-state index in [1.807, 2.05) is 30.3 Å². The minimum Gasteiger partial charge on any atom is -0.457 e. The van der Waals surface area contributed by atoms with Gasteiger partial charge in [0.25, 0.3) is 11.8 Å². The summed E-state index contributed by atoms with van der Waals surface area (Å²) in [5.74, 6) is 0.420. The molecule has 1 aliphatic rings. The molecule has 0 aliphatic carbocycles. The summed E-state index contributed by atoms with van der Waals surface area (Å²) in [5, 5.41) is 0. The predicted molar refractivity (Wildman–Crippen MR) is 104 cm³/mol. The SMILES string of the molecule is O=C(CN1CCCCCC1=O)NNC(=O)c1ccc(Oc2ccccc2)cc1. The van der Waals surface area contributed by atoms with E-state index in [4.69, 9.17) is 4.74 Å². The summed E-state index contributed by atoms with van der Waals surface area (Å²) in [6.07, 6.45) is 3.21. The summed E-state index contributed by atoms with van der Waals surface area (Å²) in [4.78, 5) is 37.7. The zero-order valence-corrected chi connectivity index (χ0v) is 15.5. The number of rotatable bonds is 5. The van der Waals surface area contributed by atoms with Crippen LogP contribution in [0.5, 0.6) is 11.5 Å². The second-order valence-electron chi connectivity index (χ2n) is 6.57. The van der Waals surface area contributed by atoms with Crippen LogP contribution >= 0.6 is 0 Å². The molecule has 146 valence electrons. The molecular formula is C21H23N3O4. The number of carbonyl (C=O) groups is 3. The molecule has 0 atom stereocenters. The minimum atomic E-state index is -0.443. The topological polar surface area (TPSA) is 87.7 Å². The van der Waals surface area contributed by atoms with Gasteiger partial charge in [-0.15, -0.1) is 0 Å². The molecule has 0 saturated carbocycles. The fourth-order valence-corrected chi connectivity index (χ4v) is 2.92. The van der Waals surface area contributed by atoms with Gasteiger partial charge >= 0.3 is 0 Å². The third kappa shape index (κ3) is 5.57. The Hall–Kier alpha value is -3.35. The average molecular weight is 381 g/mol. The Kier molecular flexibility index (Phi) is 6.62. The molecule has 0 radical (unpaired) electrons. The molecule has 1 saturated heterocycles. The number of hydrogen-bond donors (Lipinski definition) is 2. The molecule has 0 aromatic heterocycles. The fourth-order valence-electron chi connectivity index (χ4n) is 2.92. The number of likely N-dealkylation sites (tertiary alicyclic amines) is 1. The summed E-state index contributed by atoms with van der Waals surface area (Å²) in [5.41, 5.74) is 5.11. The molecule has 1 fully saturated rings. The van der Waals surface area contributed by atoms with Gasteiger partial charge in [0.1, 0.15) is 18.0 Å². The number of carbonyl (C=O) groups excluding carboxylic acids is 3. The van der Waals surface area contributed by atoms with Gasteiger partial charge in [0.05, 0.1) is 0 Å². The van der Waals surface area contributed by atoms with E-state index in [0.29, 0.717) is 30.0 Å². The second kappa shape index (κ2) is 9.55. The van der Waals surface area contributed by atoms with Crippen LogP contribution < -0.4 is 15.6 Å². The van der Waals surface area contributed by atoms with Crippen LogP contribution in [0.15, 0.2) is 54.6 Å². The van der Waals surface area contributed by atoms with Crippen molar-refractivity contribution in [3.05, 3.63) is 60.2 Å². The van der Waals surface area contributed by atoms with Crippen molar-refractivity contribution in [3.63, 3.8) is 0 Å². The highest BCUT2D eigenvalue weighted by Crippen LogP contribution is 2.21. The van der Waals surface area contributed by atoms with Crippen molar-refractivity contribution >= 4 is 17.7 Å². The lowest BCUT2D eigenvalue weighted by Crippen LogP contribution is -2.47. The summed E-state index contributed by atoms with van der Waals surface area (Å²) in [6, 6.07) is 15.9. The number of nitrogens with one attached hydrogen (secondary N) is 2. The van der Waals surface area contributed by atoms with Crippen molar-refractivity contribution in [2.45, 2.75) is 25.7 Å². The van der Waals surface area contributed by atoms with E-state index in [1.165, 1.54) is 4.90 Å². The van der Waals surface area contributed by atoms with Gasteiger partial charge in [-0.25, -0.2) is 0 Å². The molecule has 0 spiro atoms. The Balaban J connectivity index is 1.47. The van der Waals surface area contributed by atoms with Crippen molar-refractivity contribution in [2.24, 2.45) is 0 Å². The van der Waals surface area contributed by atoms with Crippen LogP contribution in [-0.4, -0.2) is 35.7 Å². The number of para-hydroxylation sites is 1. The van der Waals surface area contributed by atoms with Crippen LogP contribution in [0.4, 0.5) is 0 Å². The molecule has 7 heteroatoms. The number of ether oxygens (including phenoxy) is 1. The number of benzene rings is 2. The van der Waals surface area contributed by atoms with Crippen LogP contribution in [0.25, 0.3) is 0 Å². The quantitative estimate of drug-likeness (QED) is 0.780. The standard InChI is InChI=1S/C21H23N3O4/c25-19(15-24-14-6-2-5-9-20(24)26)22-23-21(27)16-10-12-18(13-11-16)28-17-7-3-1-4-8-17/h1,3-4,7-8,10-13H,2,5-6,9,14-15H2,(H,22,25)(H,23,27). The van der Waals surface area contributed by atoms with Gasteiger partial charge in [-0.3, -0.25) is 25.2 Å². The van der Waals surface area contributed by atoms with E-state index >= 15 is 0 Å². The maximum absolute atomic E-state index is 12.2. The number of nitrogens with zero attached hydrogens (tertiary/aromatic N) is 1. The van der Waals surface area contributed by atoms with Gasteiger partial charge in [0.15, 0.2) is 0 Å². The Bertz CT molecular complexity index is 821. The zero-order valence-electron chi connectivity index (χ0n) is 15.5. The van der Waals surface area contributed by atoms with Crippen LogP contribution in [0, 0.1) is 0 Å². The lowest BCUT2D eigenvalue weighted by molar-refractivity contribution is -0.135. The molecule has 2 aromatic rings. The van der Waals surface area contributed by atoms with E-state index in [0.717, 1.165) is 19.3 Å². The molecule has 3 rings (SSSR count). The van der Waals surface area contributed by atoms with Gasteiger partial charge in [0, 0.05) is 18.5 Å². The van der Waals surface area contributed by atoms with Crippen LogP contribution in [0.1, 0.15) is 36.0 Å². The molecule has 1 aliphatic heterocycles. The lowest BCUT2D eigenvalue weighted by atomic mass is 10.2. The highest BCUT2D eigenvalue weighted by molar-refractivity contribution is 5.96. The molecular weight excluding hydrogens is 358 g/mol. The smallest absolute Gasteiger partial charge is 0.269 e. The van der Waals surface area contributed by atoms with Crippen molar-refractivity contribution in [2.75, 3.05) is 13.1 Å². The molecule has 0 bridgehead atoms. The van der Waals surface area contributed by atoms with Crippen molar-refractivity contribution in [1.82, 2.24) is 15.8 Å². The molecule has 28 heavy (non-hydrogen) atoms. The first kappa shape index (κ1) is 19.4. The predicted octanol–water partition coefficient (Wildman–Crippen LogP) is 2.64. The first-order chi connectivity index (χ1) is 13.6. The highest BCUT2D eigenvalue weighted by atomic mass is 16.5. The normalized spacial score (nSPS) is 14.1. The Morgan fingerprint density at radius 2 is 1.61 bits per heavy atom. The van der Waals surface area contributed by atoms with Crippen molar-refractivity contribution < 1.29 is 19.1 Å². The van der Waals surface area contributed by atoms with Gasteiger partial charge in [0.2, 0.25) is 5.91 Å². The molecule has 3 amide bonds. The third-order valence-electron chi connectivity index (χ3n) is 4.42. The molecule has 1 heterocycles. The van der Waals surface area contributed by atoms with E-state index in [2.05, 4.69) is 10.9 Å². The summed E-state index contributed by atoms with van der Waals surface area (Å²) in [6.45, 7) is 0.520. The maximum atomic E-state index is 12.2. The fraction of sp³-hybridized carbons (Fsp3) is 0.286. The summed E-state index contributed by atoms with van der Waals surface area (Å²) in [7, 11) is 0. The molecule has 2 N–H and O–H groups in total. The van der Waals surface area contributed by atoms with Crippen LogP contribution in [0.2, 0.25) is 0 Å². The monoisotopic (exact) mass is 381 g/mol. The molecule has 0 unspecified atom stereocenters. The molecule has 7 nitrogen and oxygen atoms in total. The number of hydrogen-bond acceptors (Lipinski definition) is 4. The summed E-state index contributed by atoms with van der Waals surface area (Å²) >= 11 is 0. The number of hydrazine groups is 1. The third-order valence-corrected chi connectivity index (χ3v) is 4.42. The van der Waals surface area contributed by atoms with Crippen molar-refractivity contribution in [1.29, 1.82) is 0 Å².